The molecule has 0 aliphatic rings. The molecule has 0 radical (unpaired) electrons. The van der Waals surface area contributed by atoms with E-state index in [0.717, 1.165) is 18.4 Å². The lowest BCUT2D eigenvalue weighted by molar-refractivity contribution is 0.0928. The number of nitrogens with one attached hydrogen (secondary N) is 3. The van der Waals surface area contributed by atoms with Crippen molar-refractivity contribution in [3.05, 3.63) is 65.5 Å². The number of amides is 2. The number of hydrogen-bond acceptors (Lipinski definition) is 4. The van der Waals surface area contributed by atoms with Gasteiger partial charge in [0.05, 0.1) is 17.5 Å². The first-order valence-corrected chi connectivity index (χ1v) is 9.54. The maximum atomic E-state index is 13.4. The SMILES string of the molecule is CS(=O)(=O)Nc1ccc(F)cc1C(=O)NCCNC(=O)c1ccccc1. The van der Waals surface area contributed by atoms with Gasteiger partial charge in [-0.05, 0) is 30.3 Å². The van der Waals surface area contributed by atoms with Crippen molar-refractivity contribution in [2.45, 2.75) is 0 Å². The van der Waals surface area contributed by atoms with Crippen LogP contribution in [0.25, 0.3) is 0 Å². The lowest BCUT2D eigenvalue weighted by Gasteiger charge is -2.12. The van der Waals surface area contributed by atoms with E-state index in [9.17, 15) is 22.4 Å². The third-order valence-corrected chi connectivity index (χ3v) is 3.84. The number of benzene rings is 2. The summed E-state index contributed by atoms with van der Waals surface area (Å²) in [4.78, 5) is 24.1. The largest absolute Gasteiger partial charge is 0.350 e. The van der Waals surface area contributed by atoms with E-state index in [0.29, 0.717) is 5.56 Å². The molecule has 0 bridgehead atoms. The van der Waals surface area contributed by atoms with Crippen molar-refractivity contribution in [2.75, 3.05) is 24.1 Å². The van der Waals surface area contributed by atoms with Crippen molar-refractivity contribution in [3.8, 4) is 0 Å². The zero-order valence-electron chi connectivity index (χ0n) is 14.0. The van der Waals surface area contributed by atoms with Crippen molar-refractivity contribution in [3.63, 3.8) is 0 Å². The fourth-order valence-electron chi connectivity index (χ4n) is 2.13. The van der Waals surface area contributed by atoms with E-state index in [1.807, 2.05) is 0 Å². The summed E-state index contributed by atoms with van der Waals surface area (Å²) in [7, 11) is -3.62. The Morgan fingerprint density at radius 3 is 2.19 bits per heavy atom. The number of carbonyl (C=O) groups is 2. The molecule has 0 aliphatic carbocycles. The van der Waals surface area contributed by atoms with Crippen LogP contribution in [0.2, 0.25) is 0 Å². The maximum Gasteiger partial charge on any atom is 0.253 e. The van der Waals surface area contributed by atoms with Crippen LogP contribution < -0.4 is 15.4 Å². The normalized spacial score (nSPS) is 10.8. The van der Waals surface area contributed by atoms with Crippen LogP contribution in [0.15, 0.2) is 48.5 Å². The van der Waals surface area contributed by atoms with Crippen LogP contribution in [0.5, 0.6) is 0 Å². The lowest BCUT2D eigenvalue weighted by atomic mass is 10.1. The Labute approximate surface area is 150 Å². The first-order chi connectivity index (χ1) is 12.3. The molecule has 0 saturated carbocycles. The van der Waals surface area contributed by atoms with Crippen LogP contribution in [0, 0.1) is 5.82 Å². The van der Waals surface area contributed by atoms with E-state index in [2.05, 4.69) is 15.4 Å². The summed E-state index contributed by atoms with van der Waals surface area (Å²) in [6, 6.07) is 11.7. The highest BCUT2D eigenvalue weighted by Crippen LogP contribution is 2.18. The molecule has 0 fully saturated rings. The van der Waals surface area contributed by atoms with Gasteiger partial charge in [0, 0.05) is 18.7 Å². The number of hydrogen-bond donors (Lipinski definition) is 3. The van der Waals surface area contributed by atoms with Crippen LogP contribution in [0.4, 0.5) is 10.1 Å². The number of halogens is 1. The van der Waals surface area contributed by atoms with Gasteiger partial charge >= 0.3 is 0 Å². The highest BCUT2D eigenvalue weighted by Gasteiger charge is 2.15. The Morgan fingerprint density at radius 2 is 1.58 bits per heavy atom. The summed E-state index contributed by atoms with van der Waals surface area (Å²) < 4.78 is 38.3. The molecule has 0 spiro atoms. The fraction of sp³-hybridized carbons (Fsp3) is 0.176. The van der Waals surface area contributed by atoms with Gasteiger partial charge in [-0.1, -0.05) is 18.2 Å². The zero-order chi connectivity index (χ0) is 19.2. The quantitative estimate of drug-likeness (QED) is 0.632. The molecule has 0 atom stereocenters. The number of sulfonamides is 1. The highest BCUT2D eigenvalue weighted by molar-refractivity contribution is 7.92. The van der Waals surface area contributed by atoms with Gasteiger partial charge in [-0.3, -0.25) is 14.3 Å². The monoisotopic (exact) mass is 379 g/mol. The van der Waals surface area contributed by atoms with E-state index in [1.165, 1.54) is 6.07 Å². The fourth-order valence-corrected chi connectivity index (χ4v) is 2.71. The number of anilines is 1. The second-order valence-electron chi connectivity index (χ2n) is 5.44. The summed E-state index contributed by atoms with van der Waals surface area (Å²) >= 11 is 0. The Bertz CT molecular complexity index is 901. The molecular formula is C17H18FN3O4S. The van der Waals surface area contributed by atoms with E-state index in [4.69, 9.17) is 0 Å². The molecule has 3 N–H and O–H groups in total. The average Bonchev–Trinajstić information content (AvgIpc) is 2.59. The van der Waals surface area contributed by atoms with E-state index in [1.54, 1.807) is 30.3 Å². The van der Waals surface area contributed by atoms with Crippen LogP contribution in [-0.2, 0) is 10.0 Å². The first-order valence-electron chi connectivity index (χ1n) is 7.65. The second kappa shape index (κ2) is 8.43. The van der Waals surface area contributed by atoms with Crippen molar-refractivity contribution < 1.29 is 22.4 Å². The Balaban J connectivity index is 1.93. The maximum absolute atomic E-state index is 13.4. The number of rotatable bonds is 7. The van der Waals surface area contributed by atoms with Gasteiger partial charge in [-0.2, -0.15) is 0 Å². The van der Waals surface area contributed by atoms with Crippen LogP contribution >= 0.6 is 0 Å². The molecule has 2 aromatic carbocycles. The Hall–Kier alpha value is -2.94. The summed E-state index contributed by atoms with van der Waals surface area (Å²) in [6.45, 7) is 0.246. The topological polar surface area (TPSA) is 104 Å². The van der Waals surface area contributed by atoms with Gasteiger partial charge in [0.2, 0.25) is 10.0 Å². The predicted octanol–water partition coefficient (Wildman–Crippen LogP) is 1.36. The van der Waals surface area contributed by atoms with E-state index >= 15 is 0 Å². The molecular weight excluding hydrogens is 361 g/mol. The van der Waals surface area contributed by atoms with Crippen molar-refractivity contribution >= 4 is 27.5 Å². The second-order valence-corrected chi connectivity index (χ2v) is 7.19. The lowest BCUT2D eigenvalue weighted by Crippen LogP contribution is -2.35. The molecule has 2 amide bonds. The molecule has 138 valence electrons. The smallest absolute Gasteiger partial charge is 0.253 e. The Kier molecular flexibility index (Phi) is 6.29. The Morgan fingerprint density at radius 1 is 0.962 bits per heavy atom. The number of carbonyl (C=O) groups excluding carboxylic acids is 2. The van der Waals surface area contributed by atoms with Gasteiger partial charge in [0.25, 0.3) is 11.8 Å². The minimum Gasteiger partial charge on any atom is -0.350 e. The van der Waals surface area contributed by atoms with E-state index < -0.39 is 21.7 Å². The third-order valence-electron chi connectivity index (χ3n) is 3.25. The van der Waals surface area contributed by atoms with Crippen LogP contribution in [-0.4, -0.2) is 39.6 Å². The molecule has 0 aromatic heterocycles. The summed E-state index contributed by atoms with van der Waals surface area (Å²) in [6.07, 6.45) is 0.928. The zero-order valence-corrected chi connectivity index (χ0v) is 14.8. The molecule has 9 heteroatoms. The summed E-state index contributed by atoms with van der Waals surface area (Å²) in [5, 5.41) is 5.13. The molecule has 0 saturated heterocycles. The molecule has 0 unspecified atom stereocenters. The van der Waals surface area contributed by atoms with Gasteiger partial charge in [-0.25, -0.2) is 12.8 Å². The summed E-state index contributed by atoms with van der Waals surface area (Å²) in [5.41, 5.74) is 0.313. The van der Waals surface area contributed by atoms with Crippen LogP contribution in [0.3, 0.4) is 0 Å². The third kappa shape index (κ3) is 5.85. The van der Waals surface area contributed by atoms with Crippen molar-refractivity contribution in [2.24, 2.45) is 0 Å². The van der Waals surface area contributed by atoms with Crippen molar-refractivity contribution in [1.29, 1.82) is 0 Å². The minimum absolute atomic E-state index is 0.0280. The summed E-state index contributed by atoms with van der Waals surface area (Å²) in [5.74, 6) is -1.62. The average molecular weight is 379 g/mol. The van der Waals surface area contributed by atoms with Gasteiger partial charge in [-0.15, -0.1) is 0 Å². The first kappa shape index (κ1) is 19.4. The van der Waals surface area contributed by atoms with E-state index in [-0.39, 0.29) is 30.2 Å². The van der Waals surface area contributed by atoms with Crippen LogP contribution in [0.1, 0.15) is 20.7 Å². The van der Waals surface area contributed by atoms with Crippen molar-refractivity contribution in [1.82, 2.24) is 10.6 Å². The standard InChI is InChI=1S/C17H18FN3O4S/c1-26(24,25)21-15-8-7-13(18)11-14(15)17(23)20-10-9-19-16(22)12-5-3-2-4-6-12/h2-8,11,21H,9-10H2,1H3,(H,19,22)(H,20,23). The highest BCUT2D eigenvalue weighted by atomic mass is 32.2. The molecule has 2 rings (SSSR count). The van der Waals surface area contributed by atoms with Gasteiger partial charge in [0.1, 0.15) is 5.82 Å². The molecule has 26 heavy (non-hydrogen) atoms. The molecule has 0 aliphatic heterocycles. The molecule has 0 heterocycles. The van der Waals surface area contributed by atoms with Gasteiger partial charge < -0.3 is 10.6 Å². The molecule has 7 nitrogen and oxygen atoms in total. The predicted molar refractivity (Wildman–Crippen MR) is 96.0 cm³/mol. The molecule has 2 aromatic rings. The minimum atomic E-state index is -3.62. The van der Waals surface area contributed by atoms with Gasteiger partial charge in [0.15, 0.2) is 0 Å².